The first kappa shape index (κ1) is 19.7. The largest absolute Gasteiger partial charge is 0.489 e. The first-order valence-electron chi connectivity index (χ1n) is 8.49. The molecule has 144 valence electrons. The first-order valence-corrected chi connectivity index (χ1v) is 11.4. The topological polar surface area (TPSA) is 72.5 Å². The van der Waals surface area contributed by atoms with Gasteiger partial charge in [-0.3, -0.25) is 4.79 Å². The van der Waals surface area contributed by atoms with Crippen LogP contribution in [-0.2, 0) is 21.2 Å². The maximum Gasteiger partial charge on any atom is 0.234 e. The Hall–Kier alpha value is -2.06. The highest BCUT2D eigenvalue weighted by molar-refractivity contribution is 8.02. The van der Waals surface area contributed by atoms with Gasteiger partial charge in [-0.05, 0) is 36.2 Å². The molecule has 2 aromatic carbocycles. The van der Waals surface area contributed by atoms with Crippen molar-refractivity contribution < 1.29 is 22.3 Å². The predicted molar refractivity (Wildman–Crippen MR) is 105 cm³/mol. The van der Waals surface area contributed by atoms with Crippen LogP contribution >= 0.6 is 11.8 Å². The number of nitrogens with one attached hydrogen (secondary N) is 1. The number of hydrogen-bond acceptors (Lipinski definition) is 5. The molecule has 8 heteroatoms. The van der Waals surface area contributed by atoms with Gasteiger partial charge >= 0.3 is 0 Å². The van der Waals surface area contributed by atoms with Gasteiger partial charge in [0.1, 0.15) is 18.2 Å². The van der Waals surface area contributed by atoms with Gasteiger partial charge in [0.05, 0.1) is 17.3 Å². The molecule has 1 aliphatic rings. The lowest BCUT2D eigenvalue weighted by Gasteiger charge is -2.10. The minimum atomic E-state index is -2.93. The van der Waals surface area contributed by atoms with Crippen molar-refractivity contribution in [3.05, 3.63) is 59.9 Å². The van der Waals surface area contributed by atoms with Crippen LogP contribution in [0.4, 0.5) is 10.1 Å². The van der Waals surface area contributed by atoms with E-state index in [4.69, 9.17) is 4.74 Å². The highest BCUT2D eigenvalue weighted by Crippen LogP contribution is 2.25. The van der Waals surface area contributed by atoms with Gasteiger partial charge in [-0.25, -0.2) is 12.8 Å². The van der Waals surface area contributed by atoms with E-state index in [0.29, 0.717) is 24.5 Å². The summed E-state index contributed by atoms with van der Waals surface area (Å²) in [5.74, 6) is 0.682. The number of hydrogen-bond donors (Lipinski definition) is 1. The van der Waals surface area contributed by atoms with Crippen molar-refractivity contribution in [1.29, 1.82) is 0 Å². The monoisotopic (exact) mass is 409 g/mol. The summed E-state index contributed by atoms with van der Waals surface area (Å²) in [6, 6.07) is 13.1. The zero-order valence-corrected chi connectivity index (χ0v) is 16.2. The van der Waals surface area contributed by atoms with Crippen LogP contribution in [0.1, 0.15) is 12.0 Å². The second-order valence-corrected chi connectivity index (χ2v) is 9.84. The van der Waals surface area contributed by atoms with Gasteiger partial charge in [0, 0.05) is 17.0 Å². The summed E-state index contributed by atoms with van der Waals surface area (Å²) >= 11 is 1.37. The van der Waals surface area contributed by atoms with E-state index in [-0.39, 0.29) is 34.2 Å². The Bertz CT molecular complexity index is 900. The van der Waals surface area contributed by atoms with Crippen LogP contribution in [0.15, 0.2) is 48.5 Å². The third kappa shape index (κ3) is 6.25. The molecule has 27 heavy (non-hydrogen) atoms. The Balaban J connectivity index is 1.48. The Kier molecular flexibility index (Phi) is 6.38. The fourth-order valence-electron chi connectivity index (χ4n) is 2.69. The normalized spacial score (nSPS) is 18.2. The van der Waals surface area contributed by atoms with Crippen molar-refractivity contribution in [2.75, 3.05) is 22.6 Å². The second kappa shape index (κ2) is 8.75. The number of halogens is 1. The third-order valence-corrected chi connectivity index (χ3v) is 7.36. The smallest absolute Gasteiger partial charge is 0.234 e. The zero-order valence-electron chi connectivity index (χ0n) is 14.6. The summed E-state index contributed by atoms with van der Waals surface area (Å²) < 4.78 is 41.5. The average Bonchev–Trinajstić information content (AvgIpc) is 2.99. The summed E-state index contributed by atoms with van der Waals surface area (Å²) in [5, 5.41) is 2.79. The van der Waals surface area contributed by atoms with Crippen molar-refractivity contribution in [3.63, 3.8) is 0 Å². The van der Waals surface area contributed by atoms with Crippen LogP contribution in [0, 0.1) is 5.82 Å². The van der Waals surface area contributed by atoms with Crippen molar-refractivity contribution >= 4 is 33.2 Å². The first-order chi connectivity index (χ1) is 12.9. The van der Waals surface area contributed by atoms with Crippen LogP contribution < -0.4 is 10.1 Å². The van der Waals surface area contributed by atoms with Crippen molar-refractivity contribution in [2.45, 2.75) is 18.3 Å². The fourth-order valence-corrected chi connectivity index (χ4v) is 6.14. The molecule has 1 aliphatic heterocycles. The molecule has 1 saturated heterocycles. The molecule has 1 fully saturated rings. The number of sulfone groups is 1. The van der Waals surface area contributed by atoms with Crippen LogP contribution in [0.2, 0.25) is 0 Å². The van der Waals surface area contributed by atoms with Gasteiger partial charge in [0.25, 0.3) is 0 Å². The van der Waals surface area contributed by atoms with Crippen LogP contribution in [0.3, 0.4) is 0 Å². The van der Waals surface area contributed by atoms with Crippen molar-refractivity contribution in [1.82, 2.24) is 0 Å². The molecule has 1 atom stereocenters. The summed E-state index contributed by atoms with van der Waals surface area (Å²) in [6.45, 7) is 0.295. The van der Waals surface area contributed by atoms with Crippen molar-refractivity contribution in [2.24, 2.45) is 0 Å². The molecule has 0 aromatic heterocycles. The van der Waals surface area contributed by atoms with Gasteiger partial charge in [0.2, 0.25) is 5.91 Å². The summed E-state index contributed by atoms with van der Waals surface area (Å²) in [6.07, 6.45) is 0.604. The molecular formula is C19H20FNO4S2. The quantitative estimate of drug-likeness (QED) is 0.760. The average molecular weight is 410 g/mol. The van der Waals surface area contributed by atoms with E-state index in [1.807, 2.05) is 0 Å². The predicted octanol–water partition coefficient (Wildman–Crippen LogP) is 3.26. The lowest BCUT2D eigenvalue weighted by molar-refractivity contribution is -0.113. The molecule has 2 aromatic rings. The second-order valence-electron chi connectivity index (χ2n) is 6.33. The zero-order chi connectivity index (χ0) is 19.3. The van der Waals surface area contributed by atoms with Gasteiger partial charge in [-0.1, -0.05) is 18.2 Å². The summed E-state index contributed by atoms with van der Waals surface area (Å²) in [5.41, 5.74) is 1.45. The van der Waals surface area contributed by atoms with E-state index < -0.39 is 9.84 Å². The molecule has 3 rings (SSSR count). The summed E-state index contributed by atoms with van der Waals surface area (Å²) in [7, 11) is -2.93. The van der Waals surface area contributed by atoms with E-state index in [1.165, 1.54) is 23.9 Å². The van der Waals surface area contributed by atoms with Crippen molar-refractivity contribution in [3.8, 4) is 5.75 Å². The number of thioether (sulfide) groups is 1. The number of anilines is 1. The highest BCUT2D eigenvalue weighted by atomic mass is 32.2. The molecule has 0 aliphatic carbocycles. The van der Waals surface area contributed by atoms with E-state index in [0.717, 1.165) is 5.56 Å². The van der Waals surface area contributed by atoms with E-state index in [1.54, 1.807) is 36.4 Å². The number of ether oxygens (including phenoxy) is 1. The minimum Gasteiger partial charge on any atom is -0.489 e. The molecular weight excluding hydrogens is 389 g/mol. The fraction of sp³-hybridized carbons (Fsp3) is 0.316. The Morgan fingerprint density at radius 1 is 1.22 bits per heavy atom. The molecule has 0 radical (unpaired) electrons. The third-order valence-electron chi connectivity index (χ3n) is 4.08. The maximum atomic E-state index is 12.9. The lowest BCUT2D eigenvalue weighted by Crippen LogP contribution is -2.17. The number of carbonyl (C=O) groups is 1. The van der Waals surface area contributed by atoms with Gasteiger partial charge in [0.15, 0.2) is 9.84 Å². The van der Waals surface area contributed by atoms with Crippen LogP contribution in [0.25, 0.3) is 0 Å². The molecule has 5 nitrogen and oxygen atoms in total. The van der Waals surface area contributed by atoms with Crippen LogP contribution in [-0.4, -0.2) is 36.8 Å². The van der Waals surface area contributed by atoms with E-state index in [2.05, 4.69) is 5.32 Å². The molecule has 0 saturated carbocycles. The SMILES string of the molecule is O=C(CS[C@H]1CCS(=O)(=O)C1)Nc1cccc(OCc2ccc(F)cc2)c1. The van der Waals surface area contributed by atoms with E-state index >= 15 is 0 Å². The number of rotatable bonds is 7. The number of amides is 1. The van der Waals surface area contributed by atoms with Gasteiger partial charge in [-0.15, -0.1) is 11.8 Å². The molecule has 1 amide bonds. The Morgan fingerprint density at radius 2 is 2.00 bits per heavy atom. The Labute approximate surface area is 162 Å². The molecule has 0 bridgehead atoms. The maximum absolute atomic E-state index is 12.9. The molecule has 0 unspecified atom stereocenters. The van der Waals surface area contributed by atoms with E-state index in [9.17, 15) is 17.6 Å². The number of carbonyl (C=O) groups excluding carboxylic acids is 1. The van der Waals surface area contributed by atoms with Gasteiger partial charge in [-0.2, -0.15) is 0 Å². The van der Waals surface area contributed by atoms with Gasteiger partial charge < -0.3 is 10.1 Å². The molecule has 1 heterocycles. The lowest BCUT2D eigenvalue weighted by atomic mass is 10.2. The standard InChI is InChI=1S/C19H20FNO4S2/c20-15-6-4-14(5-7-15)11-25-17-3-1-2-16(10-17)21-19(22)12-26-18-8-9-27(23,24)13-18/h1-7,10,18H,8-9,11-13H2,(H,21,22)/t18-/m0/s1. The molecule has 0 spiro atoms. The highest BCUT2D eigenvalue weighted by Gasteiger charge is 2.28. The summed E-state index contributed by atoms with van der Waals surface area (Å²) in [4.78, 5) is 12.1. The van der Waals surface area contributed by atoms with Crippen LogP contribution in [0.5, 0.6) is 5.75 Å². The minimum absolute atomic E-state index is 0.00822. The number of benzene rings is 2. The Morgan fingerprint density at radius 3 is 2.70 bits per heavy atom. The molecule has 1 N–H and O–H groups in total.